The molecule has 10 amide bonds. The molecule has 3 atom stereocenters. The standard InChI is InChI=1S/C63H81N11O19/c1-7-10-21-66-59(82)89-31-29-87-27-25-72(62(85)93-41-17-18-47-43(33-41)42(8-2)44-35-74-49(53(44)68-47)34-46-45(56(74)79)37-91-57(80)63(46,86)9-3)24-23-71(6)61(84)92-36-39-13-15-40(16-14-39)67-54(77)48(12-11-22-65-58(64)81)69-55(78)52(38(4)5)70-60(83)90-32-30-88-28-26-73-50(75)19-20-51(73)76/h13-20,33-34,38,48,52,86H,7-12,21-32,35-37H2,1-6H3,(H,66,82)(H,67,77)(H,69,78)(H,70,83)(H3,64,65,81)/t48-,52-,63?/m0/s1. The second kappa shape index (κ2) is 33.6. The molecule has 0 bridgehead atoms. The molecule has 1 unspecified atom stereocenters. The number of anilines is 1. The molecule has 5 heterocycles. The summed E-state index contributed by atoms with van der Waals surface area (Å²) in [7, 11) is 1.49. The van der Waals surface area contributed by atoms with Crippen LogP contribution in [0.5, 0.6) is 5.75 Å². The number of benzene rings is 2. The third-order valence-corrected chi connectivity index (χ3v) is 15.6. The molecule has 0 spiro atoms. The number of hydrogen-bond donors (Lipinski definition) is 7. The van der Waals surface area contributed by atoms with E-state index in [2.05, 4.69) is 26.6 Å². The summed E-state index contributed by atoms with van der Waals surface area (Å²) >= 11 is 0. The van der Waals surface area contributed by atoms with Crippen molar-refractivity contribution in [2.24, 2.45) is 11.7 Å². The van der Waals surface area contributed by atoms with Gasteiger partial charge in [0, 0.05) is 74.1 Å². The number of alkyl carbamates (subject to hydrolysis) is 2. The van der Waals surface area contributed by atoms with Gasteiger partial charge in [-0.3, -0.25) is 28.9 Å². The Hall–Kier alpha value is -9.68. The summed E-state index contributed by atoms with van der Waals surface area (Å²) in [6.45, 7) is 8.87. The number of primary amides is 1. The number of nitrogens with zero attached hydrogens (tertiary/aromatic N) is 5. The second-order valence-corrected chi connectivity index (χ2v) is 22.4. The van der Waals surface area contributed by atoms with Gasteiger partial charge >= 0.3 is 36.4 Å². The van der Waals surface area contributed by atoms with Gasteiger partial charge in [-0.15, -0.1) is 0 Å². The second-order valence-electron chi connectivity index (χ2n) is 22.4. The predicted octanol–water partition coefficient (Wildman–Crippen LogP) is 3.82. The molecule has 2 aromatic heterocycles. The number of ether oxygens (including phenoxy) is 7. The molecule has 30 heteroatoms. The number of fused-ring (bicyclic) bond motifs is 5. The zero-order chi connectivity index (χ0) is 67.4. The number of imide groups is 1. The highest BCUT2D eigenvalue weighted by atomic mass is 16.6. The molecule has 4 aromatic rings. The van der Waals surface area contributed by atoms with Crippen molar-refractivity contribution in [3.05, 3.63) is 98.9 Å². The molecule has 0 radical (unpaired) electrons. The minimum atomic E-state index is -1.99. The van der Waals surface area contributed by atoms with E-state index in [0.717, 1.165) is 41.0 Å². The maximum Gasteiger partial charge on any atom is 0.415 e. The number of rotatable bonds is 33. The van der Waals surface area contributed by atoms with E-state index in [9.17, 15) is 57.8 Å². The van der Waals surface area contributed by atoms with Crippen LogP contribution in [0.2, 0.25) is 0 Å². The summed E-state index contributed by atoms with van der Waals surface area (Å²) in [6, 6.07) is 9.85. The summed E-state index contributed by atoms with van der Waals surface area (Å²) in [5.41, 5.74) is 7.22. The number of hydrogen-bond acceptors (Lipinski definition) is 20. The Bertz CT molecular complexity index is 3490. The normalized spacial score (nSPS) is 15.1. The number of amides is 10. The van der Waals surface area contributed by atoms with Crippen LogP contribution in [0.4, 0.5) is 29.7 Å². The topological polar surface area (TPSA) is 386 Å². The van der Waals surface area contributed by atoms with Gasteiger partial charge in [0.2, 0.25) is 11.8 Å². The molecular weight excluding hydrogens is 1210 g/mol. The molecule has 502 valence electrons. The smallest absolute Gasteiger partial charge is 0.415 e. The molecular formula is C63H81N11O19. The Morgan fingerprint density at radius 2 is 1.47 bits per heavy atom. The quantitative estimate of drug-likeness (QED) is 0.0136. The Kier molecular flexibility index (Phi) is 25.6. The van der Waals surface area contributed by atoms with Crippen molar-refractivity contribution in [2.75, 3.05) is 91.3 Å². The number of carbonyl (C=O) groups excluding carboxylic acids is 10. The molecule has 0 fully saturated rings. The Morgan fingerprint density at radius 1 is 0.774 bits per heavy atom. The van der Waals surface area contributed by atoms with Gasteiger partial charge in [-0.2, -0.15) is 0 Å². The zero-order valence-corrected chi connectivity index (χ0v) is 53.0. The molecule has 93 heavy (non-hydrogen) atoms. The van der Waals surface area contributed by atoms with Gasteiger partial charge in [0.1, 0.15) is 44.3 Å². The average molecular weight is 1300 g/mol. The highest BCUT2D eigenvalue weighted by Crippen LogP contribution is 2.41. The van der Waals surface area contributed by atoms with Crippen LogP contribution in [0, 0.1) is 5.92 Å². The summed E-state index contributed by atoms with van der Waals surface area (Å²) in [5.74, 6) is -3.35. The van der Waals surface area contributed by atoms with Crippen LogP contribution in [-0.4, -0.2) is 187 Å². The minimum absolute atomic E-state index is 0.00167. The van der Waals surface area contributed by atoms with Crippen LogP contribution in [0.1, 0.15) is 94.5 Å². The number of nitrogens with two attached hydrogens (primary N) is 1. The lowest BCUT2D eigenvalue weighted by Gasteiger charge is -2.31. The maximum atomic E-state index is 14.1. The number of aryl methyl sites for hydroxylation is 1. The Labute approximate surface area is 536 Å². The first-order chi connectivity index (χ1) is 44.6. The van der Waals surface area contributed by atoms with Crippen LogP contribution in [0.3, 0.4) is 0 Å². The van der Waals surface area contributed by atoms with Gasteiger partial charge in [0.05, 0.1) is 62.0 Å². The van der Waals surface area contributed by atoms with Crippen LogP contribution in [-0.2, 0) is 84.2 Å². The van der Waals surface area contributed by atoms with E-state index in [4.69, 9.17) is 43.9 Å². The van der Waals surface area contributed by atoms with Crippen molar-refractivity contribution in [2.45, 2.75) is 111 Å². The van der Waals surface area contributed by atoms with Crippen molar-refractivity contribution in [1.29, 1.82) is 0 Å². The molecule has 2 aromatic carbocycles. The first-order valence-electron chi connectivity index (χ1n) is 30.8. The van der Waals surface area contributed by atoms with Gasteiger partial charge in [0.25, 0.3) is 17.4 Å². The van der Waals surface area contributed by atoms with Gasteiger partial charge in [-0.25, -0.2) is 33.8 Å². The number of aliphatic hydroxyl groups is 1. The van der Waals surface area contributed by atoms with Gasteiger partial charge in [0.15, 0.2) is 5.60 Å². The van der Waals surface area contributed by atoms with E-state index >= 15 is 0 Å². The number of urea groups is 1. The fourth-order valence-corrected chi connectivity index (χ4v) is 10.3. The van der Waals surface area contributed by atoms with Crippen LogP contribution >= 0.6 is 0 Å². The molecule has 3 aliphatic rings. The highest BCUT2D eigenvalue weighted by Gasteiger charge is 2.46. The van der Waals surface area contributed by atoms with Crippen molar-refractivity contribution in [3.8, 4) is 17.1 Å². The molecule has 0 aliphatic carbocycles. The van der Waals surface area contributed by atoms with E-state index in [1.165, 1.54) is 16.8 Å². The number of nitrogens with one attached hydrogen (secondary N) is 5. The fourth-order valence-electron chi connectivity index (χ4n) is 10.3. The van der Waals surface area contributed by atoms with Gasteiger partial charge in [-0.1, -0.05) is 53.2 Å². The average Bonchev–Trinajstić information content (AvgIpc) is 1.64. The van der Waals surface area contributed by atoms with Crippen LogP contribution < -0.4 is 42.6 Å². The minimum Gasteiger partial charge on any atom is -0.458 e. The van der Waals surface area contributed by atoms with Crippen LogP contribution in [0.15, 0.2) is 65.5 Å². The number of esters is 1. The number of carbonyl (C=O) groups is 10. The van der Waals surface area contributed by atoms with E-state index < -0.39 is 89.2 Å². The van der Waals surface area contributed by atoms with Crippen molar-refractivity contribution < 1.29 is 86.2 Å². The molecule has 7 rings (SSSR count). The Morgan fingerprint density at radius 3 is 2.15 bits per heavy atom. The van der Waals surface area contributed by atoms with Crippen molar-refractivity contribution >= 4 is 76.6 Å². The largest absolute Gasteiger partial charge is 0.458 e. The van der Waals surface area contributed by atoms with E-state index in [1.54, 1.807) is 73.9 Å². The monoisotopic (exact) mass is 1300 g/mol. The number of cyclic esters (lactones) is 1. The first-order valence-corrected chi connectivity index (χ1v) is 30.8. The molecule has 0 saturated heterocycles. The highest BCUT2D eigenvalue weighted by molar-refractivity contribution is 6.12. The lowest BCUT2D eigenvalue weighted by Crippen LogP contribution is -2.54. The first kappa shape index (κ1) is 70.8. The van der Waals surface area contributed by atoms with E-state index in [1.807, 2.05) is 13.8 Å². The van der Waals surface area contributed by atoms with Crippen molar-refractivity contribution in [1.82, 2.24) is 45.5 Å². The van der Waals surface area contributed by atoms with Crippen LogP contribution in [0.25, 0.3) is 22.3 Å². The fraction of sp³-hybridized carbons (Fsp3) is 0.492. The SMILES string of the molecule is CCCCNC(=O)OCCOCCN(CCN(C)C(=O)OCc1ccc(NC(=O)[C@H](CCCNC(N)=O)NC(=O)[C@@H](NC(=O)OCCOCCN2C(=O)C=CC2=O)C(C)C)cc1)C(=O)Oc1ccc2nc3c(c(CC)c2c1)Cn1c-3cc2c(c1=O)COC(=O)C2(O)CC. The van der Waals surface area contributed by atoms with E-state index in [-0.39, 0.29) is 128 Å². The summed E-state index contributed by atoms with van der Waals surface area (Å²) < 4.78 is 39.8. The van der Waals surface area contributed by atoms with E-state index in [0.29, 0.717) is 46.5 Å². The van der Waals surface area contributed by atoms with Crippen molar-refractivity contribution in [3.63, 3.8) is 0 Å². The molecule has 8 N–H and O–H groups in total. The number of likely N-dealkylation sites (N-methyl/N-ethyl adjacent to an activating group) is 1. The maximum absolute atomic E-state index is 14.1. The number of unbranched alkanes of at least 4 members (excludes halogenated alkanes) is 1. The van der Waals surface area contributed by atoms with Gasteiger partial charge < -0.3 is 84.9 Å². The molecule has 0 saturated carbocycles. The lowest BCUT2D eigenvalue weighted by molar-refractivity contribution is -0.172. The molecule has 30 nitrogen and oxygen atoms in total. The summed E-state index contributed by atoms with van der Waals surface area (Å²) in [5, 5.41) is 25.1. The zero-order valence-electron chi connectivity index (χ0n) is 53.0. The summed E-state index contributed by atoms with van der Waals surface area (Å²) in [6.07, 6.45) is 1.75. The lowest BCUT2D eigenvalue weighted by atomic mass is 9.86. The van der Waals surface area contributed by atoms with Gasteiger partial charge in [-0.05, 0) is 85.5 Å². The third kappa shape index (κ3) is 18.7. The number of pyridine rings is 2. The predicted molar refractivity (Wildman–Crippen MR) is 333 cm³/mol. The third-order valence-electron chi connectivity index (χ3n) is 15.6. The molecule has 3 aliphatic heterocycles. The Balaban J connectivity index is 0.940. The summed E-state index contributed by atoms with van der Waals surface area (Å²) in [4.78, 5) is 150. The number of aromatic nitrogens is 2.